The average Bonchev–Trinajstić information content (AvgIpc) is 2.24. The summed E-state index contributed by atoms with van der Waals surface area (Å²) < 4.78 is 0. The quantitative estimate of drug-likeness (QED) is 0.481. The van der Waals surface area contributed by atoms with Gasteiger partial charge in [0.15, 0.2) is 0 Å². The summed E-state index contributed by atoms with van der Waals surface area (Å²) in [6.07, 6.45) is 4.38. The van der Waals surface area contributed by atoms with Gasteiger partial charge in [-0.25, -0.2) is 0 Å². The number of allylic oxidation sites excluding steroid dienone is 1. The maximum Gasteiger partial charge on any atom is 0.123 e. The van der Waals surface area contributed by atoms with Crippen LogP contribution in [0.1, 0.15) is 40.0 Å². The first-order valence-corrected chi connectivity index (χ1v) is 5.04. The minimum absolute atomic E-state index is 0.270. The molecule has 0 amide bonds. The third kappa shape index (κ3) is 2.68. The lowest BCUT2D eigenvalue weighted by atomic mass is 9.89. The van der Waals surface area contributed by atoms with Gasteiger partial charge in [0.05, 0.1) is 0 Å². The molecule has 1 aliphatic carbocycles. The third-order valence-corrected chi connectivity index (χ3v) is 2.99. The molecule has 0 aromatic heterocycles. The first kappa shape index (κ1) is 10.5. The van der Waals surface area contributed by atoms with Crippen LogP contribution in [0.2, 0.25) is 0 Å². The van der Waals surface area contributed by atoms with Gasteiger partial charge in [-0.3, -0.25) is 0 Å². The Morgan fingerprint density at radius 3 is 2.62 bits per heavy atom. The van der Waals surface area contributed by atoms with E-state index in [1.165, 1.54) is 12.0 Å². The van der Waals surface area contributed by atoms with E-state index < -0.39 is 0 Å². The molecular formula is C12H20O. The standard InChI is InChI=1S/C12H20O/c1-9(2)5-10-6-12(3,4)7-11(10)8-13/h8,10-11H,1,5-7H2,2-4H3. The predicted octanol–water partition coefficient (Wildman–Crippen LogP) is 3.20. The van der Waals surface area contributed by atoms with Crippen LogP contribution in [0.4, 0.5) is 0 Å². The van der Waals surface area contributed by atoms with Gasteiger partial charge in [-0.05, 0) is 37.5 Å². The van der Waals surface area contributed by atoms with E-state index in [4.69, 9.17) is 0 Å². The average molecular weight is 180 g/mol. The van der Waals surface area contributed by atoms with Crippen LogP contribution in [-0.2, 0) is 4.79 Å². The second kappa shape index (κ2) is 3.65. The SMILES string of the molecule is C=C(C)CC1CC(C)(C)CC1C=O. The highest BCUT2D eigenvalue weighted by molar-refractivity contribution is 5.55. The minimum Gasteiger partial charge on any atom is -0.303 e. The molecule has 1 aliphatic rings. The maximum atomic E-state index is 10.9. The zero-order chi connectivity index (χ0) is 10.1. The van der Waals surface area contributed by atoms with E-state index in [1.807, 2.05) is 6.92 Å². The largest absolute Gasteiger partial charge is 0.303 e. The van der Waals surface area contributed by atoms with E-state index in [0.29, 0.717) is 11.3 Å². The summed E-state index contributed by atoms with van der Waals surface area (Å²) >= 11 is 0. The highest BCUT2D eigenvalue weighted by Gasteiger charge is 2.38. The molecule has 0 aliphatic heterocycles. The van der Waals surface area contributed by atoms with Crippen LogP contribution in [0, 0.1) is 17.3 Å². The maximum absolute atomic E-state index is 10.9. The Hall–Kier alpha value is -0.590. The Kier molecular flexibility index (Phi) is 2.94. The highest BCUT2D eigenvalue weighted by atomic mass is 16.1. The Morgan fingerprint density at radius 2 is 2.15 bits per heavy atom. The molecule has 1 saturated carbocycles. The highest BCUT2D eigenvalue weighted by Crippen LogP contribution is 2.46. The summed E-state index contributed by atoms with van der Waals surface area (Å²) in [4.78, 5) is 10.9. The Labute approximate surface area is 81.2 Å². The van der Waals surface area contributed by atoms with Crippen LogP contribution in [0.15, 0.2) is 12.2 Å². The molecule has 0 heterocycles. The zero-order valence-corrected chi connectivity index (χ0v) is 8.97. The van der Waals surface area contributed by atoms with Crippen LogP contribution >= 0.6 is 0 Å². The van der Waals surface area contributed by atoms with Crippen molar-refractivity contribution in [1.29, 1.82) is 0 Å². The minimum atomic E-state index is 0.270. The topological polar surface area (TPSA) is 17.1 Å². The van der Waals surface area contributed by atoms with E-state index in [-0.39, 0.29) is 5.92 Å². The molecule has 1 fully saturated rings. The van der Waals surface area contributed by atoms with Gasteiger partial charge in [-0.2, -0.15) is 0 Å². The summed E-state index contributed by atoms with van der Waals surface area (Å²) in [5, 5.41) is 0. The molecule has 0 bridgehead atoms. The van der Waals surface area contributed by atoms with Gasteiger partial charge in [0.1, 0.15) is 6.29 Å². The van der Waals surface area contributed by atoms with E-state index in [9.17, 15) is 4.79 Å². The van der Waals surface area contributed by atoms with E-state index >= 15 is 0 Å². The van der Waals surface area contributed by atoms with Crippen molar-refractivity contribution in [3.05, 3.63) is 12.2 Å². The van der Waals surface area contributed by atoms with Crippen LogP contribution in [0.5, 0.6) is 0 Å². The number of carbonyl (C=O) groups is 1. The number of aldehydes is 1. The Bertz CT molecular complexity index is 215. The van der Waals surface area contributed by atoms with Crippen molar-refractivity contribution >= 4 is 6.29 Å². The van der Waals surface area contributed by atoms with Crippen LogP contribution in [0.3, 0.4) is 0 Å². The third-order valence-electron chi connectivity index (χ3n) is 2.99. The monoisotopic (exact) mass is 180 g/mol. The molecule has 2 atom stereocenters. The summed E-state index contributed by atoms with van der Waals surface area (Å²) in [7, 11) is 0. The second-order valence-corrected chi connectivity index (χ2v) is 5.29. The summed E-state index contributed by atoms with van der Waals surface area (Å²) in [5.41, 5.74) is 1.56. The molecule has 74 valence electrons. The summed E-state index contributed by atoms with van der Waals surface area (Å²) in [6, 6.07) is 0. The van der Waals surface area contributed by atoms with Crippen LogP contribution in [-0.4, -0.2) is 6.29 Å². The first-order chi connectivity index (χ1) is 5.94. The molecule has 0 aromatic rings. The van der Waals surface area contributed by atoms with Gasteiger partial charge >= 0.3 is 0 Å². The molecule has 1 heteroatoms. The number of carbonyl (C=O) groups excluding carboxylic acids is 1. The molecule has 0 saturated heterocycles. The number of hydrogen-bond acceptors (Lipinski definition) is 1. The molecule has 2 unspecified atom stereocenters. The van der Waals surface area contributed by atoms with Gasteiger partial charge in [-0.1, -0.05) is 19.4 Å². The molecular weight excluding hydrogens is 160 g/mol. The fourth-order valence-electron chi connectivity index (χ4n) is 2.58. The van der Waals surface area contributed by atoms with Crippen molar-refractivity contribution in [2.45, 2.75) is 40.0 Å². The van der Waals surface area contributed by atoms with Crippen LogP contribution < -0.4 is 0 Å². The molecule has 0 spiro atoms. The van der Waals surface area contributed by atoms with Crippen molar-refractivity contribution < 1.29 is 4.79 Å². The molecule has 0 N–H and O–H groups in total. The smallest absolute Gasteiger partial charge is 0.123 e. The van der Waals surface area contributed by atoms with Crippen LogP contribution in [0.25, 0.3) is 0 Å². The lowest BCUT2D eigenvalue weighted by Crippen LogP contribution is -2.08. The second-order valence-electron chi connectivity index (χ2n) is 5.29. The van der Waals surface area contributed by atoms with E-state index in [0.717, 1.165) is 19.1 Å². The molecule has 0 radical (unpaired) electrons. The van der Waals surface area contributed by atoms with Gasteiger partial charge < -0.3 is 4.79 Å². The summed E-state index contributed by atoms with van der Waals surface area (Å²) in [6.45, 7) is 10.5. The van der Waals surface area contributed by atoms with Gasteiger partial charge in [0, 0.05) is 5.92 Å². The van der Waals surface area contributed by atoms with Crippen molar-refractivity contribution in [2.75, 3.05) is 0 Å². The first-order valence-electron chi connectivity index (χ1n) is 5.04. The van der Waals surface area contributed by atoms with Crippen molar-refractivity contribution in [3.8, 4) is 0 Å². The fourth-order valence-corrected chi connectivity index (χ4v) is 2.58. The lowest BCUT2D eigenvalue weighted by molar-refractivity contribution is -0.112. The number of rotatable bonds is 3. The van der Waals surface area contributed by atoms with Gasteiger partial charge in [-0.15, -0.1) is 6.58 Å². The Morgan fingerprint density at radius 1 is 1.54 bits per heavy atom. The van der Waals surface area contributed by atoms with E-state index in [2.05, 4.69) is 20.4 Å². The summed E-state index contributed by atoms with van der Waals surface area (Å²) in [5.74, 6) is 0.816. The van der Waals surface area contributed by atoms with Crippen molar-refractivity contribution in [2.24, 2.45) is 17.3 Å². The molecule has 0 aromatic carbocycles. The fraction of sp³-hybridized carbons (Fsp3) is 0.750. The normalized spacial score (nSPS) is 31.6. The molecule has 1 nitrogen and oxygen atoms in total. The van der Waals surface area contributed by atoms with Crippen molar-refractivity contribution in [3.63, 3.8) is 0 Å². The molecule has 13 heavy (non-hydrogen) atoms. The lowest BCUT2D eigenvalue weighted by Gasteiger charge is -2.16. The van der Waals surface area contributed by atoms with Gasteiger partial charge in [0.25, 0.3) is 0 Å². The van der Waals surface area contributed by atoms with E-state index in [1.54, 1.807) is 0 Å². The van der Waals surface area contributed by atoms with Gasteiger partial charge in [0.2, 0.25) is 0 Å². The molecule has 1 rings (SSSR count). The van der Waals surface area contributed by atoms with Crippen molar-refractivity contribution in [1.82, 2.24) is 0 Å². The Balaban J connectivity index is 2.63. The predicted molar refractivity (Wildman–Crippen MR) is 55.5 cm³/mol. The zero-order valence-electron chi connectivity index (χ0n) is 8.97. The number of hydrogen-bond donors (Lipinski definition) is 0.